The Morgan fingerprint density at radius 3 is 2.56 bits per heavy atom. The highest BCUT2D eigenvalue weighted by Gasteiger charge is 2.22. The Kier molecular flexibility index (Phi) is 5.04. The predicted molar refractivity (Wildman–Crippen MR) is 92.0 cm³/mol. The molecule has 1 aromatic carbocycles. The maximum Gasteiger partial charge on any atom is 0.272 e. The lowest BCUT2D eigenvalue weighted by Crippen LogP contribution is -2.47. The first-order chi connectivity index (χ1) is 12.0. The van der Waals surface area contributed by atoms with Crippen LogP contribution in [0.25, 0.3) is 0 Å². The lowest BCUT2D eigenvalue weighted by Gasteiger charge is -2.32. The van der Waals surface area contributed by atoms with Crippen molar-refractivity contribution in [3.8, 4) is 0 Å². The van der Waals surface area contributed by atoms with Crippen molar-refractivity contribution in [1.29, 1.82) is 0 Å². The largest absolute Gasteiger partial charge is 0.335 e. The third-order valence-corrected chi connectivity index (χ3v) is 4.15. The summed E-state index contributed by atoms with van der Waals surface area (Å²) in [5.41, 5.74) is 0.567. The van der Waals surface area contributed by atoms with Gasteiger partial charge in [0.25, 0.3) is 11.8 Å². The lowest BCUT2D eigenvalue weighted by molar-refractivity contribution is 0.0658. The van der Waals surface area contributed by atoms with Crippen molar-refractivity contribution in [2.24, 2.45) is 0 Å². The van der Waals surface area contributed by atoms with E-state index in [0.717, 1.165) is 13.1 Å². The average molecular weight is 342 g/mol. The van der Waals surface area contributed by atoms with E-state index in [1.54, 1.807) is 17.0 Å². The zero-order valence-corrected chi connectivity index (χ0v) is 13.9. The predicted octanol–water partition coefficient (Wildman–Crippen LogP) is 1.86. The van der Waals surface area contributed by atoms with Gasteiger partial charge in [-0.2, -0.15) is 0 Å². The van der Waals surface area contributed by atoms with Crippen LogP contribution in [0.3, 0.4) is 0 Å². The smallest absolute Gasteiger partial charge is 0.272 e. The maximum atomic E-state index is 13.7. The molecule has 1 aliphatic heterocycles. The first-order valence-electron chi connectivity index (χ1n) is 8.04. The van der Waals surface area contributed by atoms with Crippen LogP contribution in [0.5, 0.6) is 0 Å². The molecule has 3 rings (SSSR count). The van der Waals surface area contributed by atoms with Crippen molar-refractivity contribution >= 4 is 17.5 Å². The second-order valence-electron chi connectivity index (χ2n) is 5.96. The molecular weight excluding hydrogens is 323 g/mol. The Morgan fingerprint density at radius 1 is 1.12 bits per heavy atom. The van der Waals surface area contributed by atoms with Crippen LogP contribution in [0.1, 0.15) is 20.8 Å². The molecule has 0 radical (unpaired) electrons. The van der Waals surface area contributed by atoms with Crippen molar-refractivity contribution in [3.05, 3.63) is 59.7 Å². The molecule has 0 unspecified atom stereocenters. The number of nitrogens with zero attached hydrogens (tertiary/aromatic N) is 3. The van der Waals surface area contributed by atoms with Crippen molar-refractivity contribution in [3.63, 3.8) is 0 Å². The molecule has 25 heavy (non-hydrogen) atoms. The summed E-state index contributed by atoms with van der Waals surface area (Å²) in [4.78, 5) is 32.8. The fourth-order valence-corrected chi connectivity index (χ4v) is 2.62. The molecule has 2 amide bonds. The van der Waals surface area contributed by atoms with E-state index in [2.05, 4.69) is 15.2 Å². The maximum absolute atomic E-state index is 13.7. The van der Waals surface area contributed by atoms with Crippen LogP contribution < -0.4 is 5.32 Å². The highest BCUT2D eigenvalue weighted by molar-refractivity contribution is 6.05. The minimum absolute atomic E-state index is 0.0938. The zero-order valence-electron chi connectivity index (χ0n) is 13.9. The number of hydrogen-bond acceptors (Lipinski definition) is 4. The third-order valence-electron chi connectivity index (χ3n) is 4.15. The summed E-state index contributed by atoms with van der Waals surface area (Å²) >= 11 is 0. The Hall–Kier alpha value is -2.80. The van der Waals surface area contributed by atoms with Gasteiger partial charge in [0, 0.05) is 37.9 Å². The highest BCUT2D eigenvalue weighted by atomic mass is 19.1. The summed E-state index contributed by atoms with van der Waals surface area (Å²) < 4.78 is 13.7. The number of anilines is 1. The second-order valence-corrected chi connectivity index (χ2v) is 5.96. The number of aromatic nitrogens is 1. The van der Waals surface area contributed by atoms with E-state index in [9.17, 15) is 14.0 Å². The monoisotopic (exact) mass is 342 g/mol. The van der Waals surface area contributed by atoms with Crippen LogP contribution in [0.2, 0.25) is 0 Å². The molecule has 2 heterocycles. The number of carbonyl (C=O) groups is 2. The molecule has 1 aliphatic rings. The number of rotatable bonds is 3. The van der Waals surface area contributed by atoms with Crippen LogP contribution in [0.15, 0.2) is 42.6 Å². The fraction of sp³-hybridized carbons (Fsp3) is 0.278. The van der Waals surface area contributed by atoms with Gasteiger partial charge < -0.3 is 15.1 Å². The van der Waals surface area contributed by atoms with E-state index in [0.29, 0.717) is 13.1 Å². The molecule has 1 fully saturated rings. The number of pyridine rings is 1. The number of halogens is 1. The topological polar surface area (TPSA) is 65.5 Å². The number of hydrogen-bond donors (Lipinski definition) is 1. The first kappa shape index (κ1) is 17.0. The number of likely N-dealkylation sites (N-methyl/N-ethyl adjacent to an activating group) is 1. The Morgan fingerprint density at radius 2 is 1.84 bits per heavy atom. The minimum atomic E-state index is -0.515. The molecule has 0 atom stereocenters. The Labute approximate surface area is 145 Å². The van der Waals surface area contributed by atoms with Gasteiger partial charge in [0.05, 0.1) is 5.69 Å². The molecule has 6 nitrogen and oxygen atoms in total. The standard InChI is InChI=1S/C18H19FN4O2/c1-22-8-10-23(11-9-22)18(25)16-12-13(6-7-20-16)17(24)21-15-5-3-2-4-14(15)19/h2-7,12H,8-11H2,1H3,(H,21,24). The molecule has 1 N–H and O–H groups in total. The van der Waals surface area contributed by atoms with Gasteiger partial charge in [-0.05, 0) is 31.3 Å². The molecule has 0 saturated carbocycles. The van der Waals surface area contributed by atoms with Crippen LogP contribution in [0.4, 0.5) is 10.1 Å². The lowest BCUT2D eigenvalue weighted by atomic mass is 10.2. The Bertz CT molecular complexity index is 788. The summed E-state index contributed by atoms with van der Waals surface area (Å²) in [5, 5.41) is 2.50. The second kappa shape index (κ2) is 7.40. The van der Waals surface area contributed by atoms with Gasteiger partial charge in [-0.15, -0.1) is 0 Å². The summed E-state index contributed by atoms with van der Waals surface area (Å²) in [5.74, 6) is -1.20. The minimum Gasteiger partial charge on any atom is -0.335 e. The number of piperazine rings is 1. The van der Waals surface area contributed by atoms with E-state index >= 15 is 0 Å². The van der Waals surface area contributed by atoms with Crippen molar-refractivity contribution in [2.45, 2.75) is 0 Å². The molecule has 0 aliphatic carbocycles. The number of nitrogens with one attached hydrogen (secondary N) is 1. The highest BCUT2D eigenvalue weighted by Crippen LogP contribution is 2.15. The van der Waals surface area contributed by atoms with Gasteiger partial charge in [0.1, 0.15) is 11.5 Å². The fourth-order valence-electron chi connectivity index (χ4n) is 2.62. The van der Waals surface area contributed by atoms with E-state index in [1.165, 1.54) is 30.5 Å². The molecule has 0 spiro atoms. The molecule has 130 valence electrons. The van der Waals surface area contributed by atoms with Gasteiger partial charge in [0.15, 0.2) is 0 Å². The molecular formula is C18H19FN4O2. The summed E-state index contributed by atoms with van der Waals surface area (Å²) in [6.45, 7) is 2.86. The summed E-state index contributed by atoms with van der Waals surface area (Å²) in [7, 11) is 2.01. The zero-order chi connectivity index (χ0) is 17.8. The van der Waals surface area contributed by atoms with E-state index in [1.807, 2.05) is 7.05 Å². The number of para-hydroxylation sites is 1. The molecule has 0 bridgehead atoms. The molecule has 1 aromatic heterocycles. The molecule has 2 aromatic rings. The van der Waals surface area contributed by atoms with Crippen LogP contribution >= 0.6 is 0 Å². The van der Waals surface area contributed by atoms with Crippen LogP contribution in [-0.4, -0.2) is 59.8 Å². The van der Waals surface area contributed by atoms with E-state index < -0.39 is 11.7 Å². The number of benzene rings is 1. The van der Waals surface area contributed by atoms with Crippen molar-refractivity contribution in [1.82, 2.24) is 14.8 Å². The molecule has 1 saturated heterocycles. The van der Waals surface area contributed by atoms with E-state index in [-0.39, 0.29) is 22.9 Å². The van der Waals surface area contributed by atoms with Gasteiger partial charge in [-0.3, -0.25) is 14.6 Å². The van der Waals surface area contributed by atoms with E-state index in [4.69, 9.17) is 0 Å². The normalized spacial score (nSPS) is 15.0. The van der Waals surface area contributed by atoms with Crippen molar-refractivity contribution < 1.29 is 14.0 Å². The van der Waals surface area contributed by atoms with Gasteiger partial charge in [-0.25, -0.2) is 4.39 Å². The SMILES string of the molecule is CN1CCN(C(=O)c2cc(C(=O)Nc3ccccc3F)ccn2)CC1. The van der Waals surface area contributed by atoms with Crippen LogP contribution in [-0.2, 0) is 0 Å². The first-order valence-corrected chi connectivity index (χ1v) is 8.04. The third kappa shape index (κ3) is 4.00. The number of amides is 2. The van der Waals surface area contributed by atoms with Gasteiger partial charge >= 0.3 is 0 Å². The summed E-state index contributed by atoms with van der Waals surface area (Å²) in [6.07, 6.45) is 1.42. The van der Waals surface area contributed by atoms with Gasteiger partial charge in [0.2, 0.25) is 0 Å². The average Bonchev–Trinajstić information content (AvgIpc) is 2.64. The van der Waals surface area contributed by atoms with Gasteiger partial charge in [-0.1, -0.05) is 12.1 Å². The molecule has 7 heteroatoms. The number of carbonyl (C=O) groups excluding carboxylic acids is 2. The van der Waals surface area contributed by atoms with Crippen molar-refractivity contribution in [2.75, 3.05) is 38.5 Å². The summed E-state index contributed by atoms with van der Waals surface area (Å²) in [6, 6.07) is 8.86. The van der Waals surface area contributed by atoms with Crippen LogP contribution in [0, 0.1) is 5.82 Å². The quantitative estimate of drug-likeness (QED) is 0.925. The Balaban J connectivity index is 1.73.